The molecule has 0 spiro atoms. The number of nitrogens with zero attached hydrogens (tertiary/aromatic N) is 1. The molecule has 1 fully saturated rings. The average Bonchev–Trinajstić information content (AvgIpc) is 2.73. The van der Waals surface area contributed by atoms with E-state index < -0.39 is 5.41 Å². The molecule has 1 aliphatic rings. The summed E-state index contributed by atoms with van der Waals surface area (Å²) >= 11 is 6.03. The number of likely N-dealkylation sites (tertiary alicyclic amines) is 1. The number of methoxy groups -OCH3 is 1. The van der Waals surface area contributed by atoms with Crippen LogP contribution in [0.1, 0.15) is 25.3 Å². The topological polar surface area (TPSA) is 70.7 Å². The predicted molar refractivity (Wildman–Crippen MR) is 114 cm³/mol. The fourth-order valence-corrected chi connectivity index (χ4v) is 3.74. The first-order valence-electron chi connectivity index (χ1n) is 9.73. The molecule has 2 N–H and O–H groups in total. The van der Waals surface area contributed by atoms with Crippen molar-refractivity contribution in [2.45, 2.75) is 26.3 Å². The Bertz CT molecular complexity index is 922. The van der Waals surface area contributed by atoms with Crippen LogP contribution in [-0.4, -0.2) is 37.0 Å². The first-order valence-corrected chi connectivity index (χ1v) is 10.1. The van der Waals surface area contributed by atoms with Crippen molar-refractivity contribution in [1.29, 1.82) is 0 Å². The molecular weight excluding hydrogens is 409 g/mol. The van der Waals surface area contributed by atoms with E-state index >= 15 is 0 Å². The number of carbonyl (C=O) groups is 2. The van der Waals surface area contributed by atoms with E-state index in [9.17, 15) is 14.0 Å². The van der Waals surface area contributed by atoms with Crippen molar-refractivity contribution in [2.75, 3.05) is 25.5 Å². The number of anilines is 1. The van der Waals surface area contributed by atoms with Gasteiger partial charge < -0.3 is 20.3 Å². The Hall–Kier alpha value is -2.80. The van der Waals surface area contributed by atoms with Crippen molar-refractivity contribution in [1.82, 2.24) is 10.2 Å². The van der Waals surface area contributed by atoms with Gasteiger partial charge in [-0.1, -0.05) is 23.7 Å². The van der Waals surface area contributed by atoms with Crippen molar-refractivity contribution in [3.05, 3.63) is 58.9 Å². The number of benzene rings is 2. The molecule has 1 saturated heterocycles. The van der Waals surface area contributed by atoms with E-state index in [1.54, 1.807) is 35.2 Å². The van der Waals surface area contributed by atoms with Gasteiger partial charge in [-0.05, 0) is 55.7 Å². The van der Waals surface area contributed by atoms with Gasteiger partial charge in [-0.2, -0.15) is 0 Å². The van der Waals surface area contributed by atoms with E-state index in [1.165, 1.54) is 19.2 Å². The van der Waals surface area contributed by atoms with Gasteiger partial charge in [0.2, 0.25) is 5.91 Å². The van der Waals surface area contributed by atoms with Crippen molar-refractivity contribution in [3.63, 3.8) is 0 Å². The molecule has 1 heterocycles. The number of nitrogens with one attached hydrogen (secondary N) is 2. The van der Waals surface area contributed by atoms with Gasteiger partial charge in [-0.15, -0.1) is 0 Å². The number of ether oxygens (including phenoxy) is 1. The number of halogens is 2. The Morgan fingerprint density at radius 2 is 1.97 bits per heavy atom. The minimum Gasteiger partial charge on any atom is -0.495 e. The molecule has 0 saturated carbocycles. The number of carbonyl (C=O) groups excluding carboxylic acids is 2. The van der Waals surface area contributed by atoms with Crippen LogP contribution in [0.4, 0.5) is 14.9 Å². The van der Waals surface area contributed by atoms with Crippen molar-refractivity contribution < 1.29 is 18.7 Å². The van der Waals surface area contributed by atoms with Crippen LogP contribution in [0.3, 0.4) is 0 Å². The third kappa shape index (κ3) is 5.21. The Morgan fingerprint density at radius 1 is 1.23 bits per heavy atom. The van der Waals surface area contributed by atoms with Crippen molar-refractivity contribution in [2.24, 2.45) is 5.41 Å². The van der Waals surface area contributed by atoms with Gasteiger partial charge in [-0.25, -0.2) is 9.18 Å². The van der Waals surface area contributed by atoms with Gasteiger partial charge in [0.25, 0.3) is 0 Å². The third-order valence-electron chi connectivity index (χ3n) is 5.30. The summed E-state index contributed by atoms with van der Waals surface area (Å²) in [6.45, 7) is 3.00. The van der Waals surface area contributed by atoms with Crippen LogP contribution in [0, 0.1) is 11.2 Å². The predicted octanol–water partition coefficient (Wildman–Crippen LogP) is 4.44. The molecule has 0 aromatic heterocycles. The monoisotopic (exact) mass is 433 g/mol. The zero-order valence-corrected chi connectivity index (χ0v) is 17.8. The van der Waals surface area contributed by atoms with Gasteiger partial charge in [-0.3, -0.25) is 4.79 Å². The molecule has 8 heteroatoms. The zero-order chi connectivity index (χ0) is 21.7. The van der Waals surface area contributed by atoms with Crippen LogP contribution >= 0.6 is 11.6 Å². The maximum atomic E-state index is 13.0. The highest BCUT2D eigenvalue weighted by molar-refractivity contribution is 6.31. The van der Waals surface area contributed by atoms with Crippen LogP contribution in [0.5, 0.6) is 5.75 Å². The molecule has 3 amide bonds. The first-order chi connectivity index (χ1) is 14.3. The molecule has 1 aliphatic heterocycles. The van der Waals surface area contributed by atoms with E-state index in [2.05, 4.69) is 10.6 Å². The molecule has 0 aliphatic carbocycles. The van der Waals surface area contributed by atoms with Gasteiger partial charge in [0.1, 0.15) is 11.6 Å². The van der Waals surface area contributed by atoms with E-state index in [0.717, 1.165) is 5.56 Å². The summed E-state index contributed by atoms with van der Waals surface area (Å²) < 4.78 is 18.3. The fraction of sp³-hybridized carbons (Fsp3) is 0.364. The standard InChI is InChI=1S/C22H25ClFN3O3/c1-22(20(28)25-13-15-4-7-17(24)8-5-15)10-3-11-27(14-22)21(29)26-18-12-16(23)6-9-19(18)30-2/h4-9,12H,3,10-11,13-14H2,1-2H3,(H,25,28)(H,26,29). The number of hydrogen-bond donors (Lipinski definition) is 2. The summed E-state index contributed by atoms with van der Waals surface area (Å²) in [4.78, 5) is 27.3. The average molecular weight is 434 g/mol. The quantitative estimate of drug-likeness (QED) is 0.732. The second-order valence-corrected chi connectivity index (χ2v) is 8.11. The molecule has 6 nitrogen and oxygen atoms in total. The second-order valence-electron chi connectivity index (χ2n) is 7.67. The molecular formula is C22H25ClFN3O3. The van der Waals surface area contributed by atoms with Gasteiger partial charge in [0.15, 0.2) is 0 Å². The lowest BCUT2D eigenvalue weighted by Crippen LogP contribution is -2.52. The third-order valence-corrected chi connectivity index (χ3v) is 5.54. The van der Waals surface area contributed by atoms with Crippen LogP contribution in [0.15, 0.2) is 42.5 Å². The zero-order valence-electron chi connectivity index (χ0n) is 17.0. The van der Waals surface area contributed by atoms with Crippen molar-refractivity contribution >= 4 is 29.2 Å². The Morgan fingerprint density at radius 3 is 2.67 bits per heavy atom. The van der Waals surface area contributed by atoms with Crippen LogP contribution in [-0.2, 0) is 11.3 Å². The summed E-state index contributed by atoms with van der Waals surface area (Å²) in [7, 11) is 1.52. The summed E-state index contributed by atoms with van der Waals surface area (Å²) in [5.41, 5.74) is 0.573. The minimum absolute atomic E-state index is 0.135. The highest BCUT2D eigenvalue weighted by Gasteiger charge is 2.39. The normalized spacial score (nSPS) is 18.6. The number of amides is 3. The molecule has 1 unspecified atom stereocenters. The summed E-state index contributed by atoms with van der Waals surface area (Å²) in [5.74, 6) is 0.0523. The summed E-state index contributed by atoms with van der Waals surface area (Å²) in [6, 6.07) is 10.7. The molecule has 2 aromatic carbocycles. The van der Waals surface area contributed by atoms with Gasteiger partial charge in [0.05, 0.1) is 18.2 Å². The number of urea groups is 1. The molecule has 3 rings (SSSR count). The fourth-order valence-electron chi connectivity index (χ4n) is 3.57. The van der Waals surface area contributed by atoms with Crippen LogP contribution in [0.2, 0.25) is 5.02 Å². The first kappa shape index (κ1) is 21.9. The molecule has 0 radical (unpaired) electrons. The molecule has 0 bridgehead atoms. The SMILES string of the molecule is COc1ccc(Cl)cc1NC(=O)N1CCCC(C)(C(=O)NCc2ccc(F)cc2)C1. The Labute approximate surface area is 180 Å². The second kappa shape index (κ2) is 9.34. The highest BCUT2D eigenvalue weighted by Crippen LogP contribution is 2.32. The molecule has 160 valence electrons. The van der Waals surface area contributed by atoms with Crippen LogP contribution < -0.4 is 15.4 Å². The minimum atomic E-state index is -0.714. The lowest BCUT2D eigenvalue weighted by Gasteiger charge is -2.39. The van der Waals surface area contributed by atoms with E-state index in [1.807, 2.05) is 6.92 Å². The number of piperidine rings is 1. The maximum absolute atomic E-state index is 13.0. The largest absolute Gasteiger partial charge is 0.495 e. The molecule has 1 atom stereocenters. The van der Waals surface area contributed by atoms with Crippen molar-refractivity contribution in [3.8, 4) is 5.75 Å². The summed E-state index contributed by atoms with van der Waals surface area (Å²) in [6.07, 6.45) is 1.38. The maximum Gasteiger partial charge on any atom is 0.321 e. The lowest BCUT2D eigenvalue weighted by atomic mass is 9.81. The lowest BCUT2D eigenvalue weighted by molar-refractivity contribution is -0.132. The molecule has 2 aromatic rings. The summed E-state index contributed by atoms with van der Waals surface area (Å²) in [5, 5.41) is 6.21. The number of hydrogen-bond acceptors (Lipinski definition) is 3. The van der Waals surface area contributed by atoms with E-state index in [-0.39, 0.29) is 24.3 Å². The van der Waals surface area contributed by atoms with E-state index in [4.69, 9.17) is 16.3 Å². The van der Waals surface area contributed by atoms with Gasteiger partial charge >= 0.3 is 6.03 Å². The number of rotatable bonds is 5. The molecule has 30 heavy (non-hydrogen) atoms. The Kier molecular flexibility index (Phi) is 6.82. The highest BCUT2D eigenvalue weighted by atomic mass is 35.5. The van der Waals surface area contributed by atoms with E-state index in [0.29, 0.717) is 42.4 Å². The van der Waals surface area contributed by atoms with Crippen LogP contribution in [0.25, 0.3) is 0 Å². The smallest absolute Gasteiger partial charge is 0.321 e. The Balaban J connectivity index is 1.63. The van der Waals surface area contributed by atoms with Gasteiger partial charge in [0, 0.05) is 24.7 Å².